The second-order valence-electron chi connectivity index (χ2n) is 8.05. The van der Waals surface area contributed by atoms with Gasteiger partial charge in [0.2, 0.25) is 6.10 Å². The van der Waals surface area contributed by atoms with E-state index in [1.54, 1.807) is 0 Å². The zero-order valence-corrected chi connectivity index (χ0v) is 15.6. The molecule has 2 heterocycles. The van der Waals surface area contributed by atoms with Gasteiger partial charge in [-0.2, -0.15) is 0 Å². The van der Waals surface area contributed by atoms with E-state index in [0.29, 0.717) is 6.42 Å². The smallest absolute Gasteiger partial charge is 0.347 e. The molecular formula is C20H22O8. The molecule has 8 nitrogen and oxygen atoms in total. The Hall–Kier alpha value is -2.64. The Kier molecular flexibility index (Phi) is 4.51. The van der Waals surface area contributed by atoms with Crippen molar-refractivity contribution in [2.24, 2.45) is 17.8 Å². The van der Waals surface area contributed by atoms with Gasteiger partial charge in [0, 0.05) is 35.8 Å². The minimum atomic E-state index is -1.02. The molecule has 2 saturated heterocycles. The molecule has 8 heteroatoms. The molecule has 4 fully saturated rings. The van der Waals surface area contributed by atoms with Crippen molar-refractivity contribution in [3.8, 4) is 0 Å². The minimum Gasteiger partial charge on any atom is -0.459 e. The molecule has 4 rings (SSSR count). The van der Waals surface area contributed by atoms with Gasteiger partial charge in [0.05, 0.1) is 5.92 Å². The third kappa shape index (κ3) is 3.10. The van der Waals surface area contributed by atoms with E-state index in [2.05, 4.69) is 13.2 Å². The molecule has 7 unspecified atom stereocenters. The van der Waals surface area contributed by atoms with E-state index < -0.39 is 36.2 Å². The van der Waals surface area contributed by atoms with Crippen LogP contribution in [0.25, 0.3) is 0 Å². The van der Waals surface area contributed by atoms with Crippen LogP contribution in [0.1, 0.15) is 32.6 Å². The lowest BCUT2D eigenvalue weighted by Gasteiger charge is -2.25. The number of cyclic esters (lactones) is 1. The summed E-state index contributed by atoms with van der Waals surface area (Å²) in [5.74, 6) is -1.87. The summed E-state index contributed by atoms with van der Waals surface area (Å²) in [6.45, 7) is 8.69. The molecule has 0 aromatic rings. The lowest BCUT2D eigenvalue weighted by molar-refractivity contribution is -0.159. The number of carbonyl (C=O) groups excluding carboxylic acids is 4. The highest BCUT2D eigenvalue weighted by Gasteiger charge is 2.63. The van der Waals surface area contributed by atoms with Crippen molar-refractivity contribution in [2.75, 3.05) is 0 Å². The van der Waals surface area contributed by atoms with Gasteiger partial charge in [-0.1, -0.05) is 13.2 Å². The first-order chi connectivity index (χ1) is 13.2. The van der Waals surface area contributed by atoms with Crippen LogP contribution in [0.3, 0.4) is 0 Å². The lowest BCUT2D eigenvalue weighted by atomic mass is 9.88. The first kappa shape index (κ1) is 18.7. The van der Waals surface area contributed by atoms with E-state index in [1.165, 1.54) is 6.92 Å². The molecule has 2 saturated carbocycles. The molecule has 150 valence electrons. The SMILES string of the molecule is C=C(C)C(=O)OC1CC(CC(=C)C(=O)OC2C3CC4C(=O)OC2C4C3)OC1=O. The van der Waals surface area contributed by atoms with Crippen molar-refractivity contribution in [3.63, 3.8) is 0 Å². The molecule has 4 aliphatic rings. The highest BCUT2D eigenvalue weighted by Crippen LogP contribution is 2.55. The summed E-state index contributed by atoms with van der Waals surface area (Å²) in [7, 11) is 0. The van der Waals surface area contributed by atoms with E-state index in [1.807, 2.05) is 0 Å². The quantitative estimate of drug-likeness (QED) is 0.379. The summed E-state index contributed by atoms with van der Waals surface area (Å²) >= 11 is 0. The van der Waals surface area contributed by atoms with Crippen LogP contribution in [-0.4, -0.2) is 48.3 Å². The fraction of sp³-hybridized carbons (Fsp3) is 0.600. The van der Waals surface area contributed by atoms with Gasteiger partial charge < -0.3 is 18.9 Å². The van der Waals surface area contributed by atoms with E-state index in [0.717, 1.165) is 6.42 Å². The van der Waals surface area contributed by atoms with E-state index >= 15 is 0 Å². The Morgan fingerprint density at radius 1 is 1.04 bits per heavy atom. The zero-order valence-electron chi connectivity index (χ0n) is 15.6. The monoisotopic (exact) mass is 390 g/mol. The lowest BCUT2D eigenvalue weighted by Crippen LogP contribution is -2.36. The second kappa shape index (κ2) is 6.76. The number of ether oxygens (including phenoxy) is 4. The van der Waals surface area contributed by atoms with Crippen LogP contribution in [0.4, 0.5) is 0 Å². The number of fused-ring (bicyclic) bond motifs is 1. The predicted octanol–water partition coefficient (Wildman–Crippen LogP) is 1.23. The van der Waals surface area contributed by atoms with Crippen LogP contribution >= 0.6 is 0 Å². The molecular weight excluding hydrogens is 368 g/mol. The summed E-state index contributed by atoms with van der Waals surface area (Å²) in [6.07, 6.45) is -0.681. The van der Waals surface area contributed by atoms with Crippen LogP contribution < -0.4 is 0 Å². The van der Waals surface area contributed by atoms with Crippen LogP contribution in [-0.2, 0) is 38.1 Å². The topological polar surface area (TPSA) is 105 Å². The van der Waals surface area contributed by atoms with E-state index in [4.69, 9.17) is 18.9 Å². The van der Waals surface area contributed by atoms with Crippen molar-refractivity contribution >= 4 is 23.9 Å². The summed E-state index contributed by atoms with van der Waals surface area (Å²) in [5, 5.41) is 0. The van der Waals surface area contributed by atoms with Crippen LogP contribution in [0.15, 0.2) is 24.3 Å². The molecule has 7 atom stereocenters. The summed E-state index contributed by atoms with van der Waals surface area (Å²) < 4.78 is 21.2. The number of rotatable bonds is 6. The summed E-state index contributed by atoms with van der Waals surface area (Å²) in [5.41, 5.74) is 0.346. The van der Waals surface area contributed by atoms with E-state index in [9.17, 15) is 19.2 Å². The first-order valence-corrected chi connectivity index (χ1v) is 9.40. The van der Waals surface area contributed by atoms with Crippen molar-refractivity contribution in [1.82, 2.24) is 0 Å². The third-order valence-corrected chi connectivity index (χ3v) is 6.04. The molecule has 0 N–H and O–H groups in total. The first-order valence-electron chi connectivity index (χ1n) is 9.40. The summed E-state index contributed by atoms with van der Waals surface area (Å²) in [4.78, 5) is 47.7. The molecule has 0 aromatic carbocycles. The number of hydrogen-bond acceptors (Lipinski definition) is 8. The number of hydrogen-bond donors (Lipinski definition) is 0. The fourth-order valence-electron chi connectivity index (χ4n) is 4.70. The van der Waals surface area contributed by atoms with Crippen molar-refractivity contribution < 1.29 is 38.1 Å². The van der Waals surface area contributed by atoms with Gasteiger partial charge in [0.15, 0.2) is 0 Å². The molecule has 0 amide bonds. The Bertz CT molecular complexity index is 783. The molecule has 0 radical (unpaired) electrons. The van der Waals surface area contributed by atoms with Crippen molar-refractivity contribution in [2.45, 2.75) is 57.0 Å². The average molecular weight is 390 g/mol. The molecule has 2 aliphatic carbocycles. The molecule has 2 aliphatic heterocycles. The maximum absolute atomic E-state index is 12.5. The molecule has 28 heavy (non-hydrogen) atoms. The van der Waals surface area contributed by atoms with Crippen LogP contribution in [0.2, 0.25) is 0 Å². The Morgan fingerprint density at radius 2 is 1.79 bits per heavy atom. The van der Waals surface area contributed by atoms with Gasteiger partial charge in [0.25, 0.3) is 0 Å². The zero-order chi connectivity index (χ0) is 20.2. The van der Waals surface area contributed by atoms with Crippen LogP contribution in [0, 0.1) is 17.8 Å². The second-order valence-corrected chi connectivity index (χ2v) is 8.05. The highest BCUT2D eigenvalue weighted by atomic mass is 16.6. The molecule has 0 aromatic heterocycles. The molecule has 0 spiro atoms. The Morgan fingerprint density at radius 3 is 2.50 bits per heavy atom. The van der Waals surface area contributed by atoms with Gasteiger partial charge >= 0.3 is 23.9 Å². The van der Waals surface area contributed by atoms with Gasteiger partial charge in [-0.3, -0.25) is 4.79 Å². The maximum Gasteiger partial charge on any atom is 0.347 e. The van der Waals surface area contributed by atoms with E-state index in [-0.39, 0.29) is 53.8 Å². The van der Waals surface area contributed by atoms with Gasteiger partial charge in [-0.25, -0.2) is 14.4 Å². The maximum atomic E-state index is 12.5. The number of esters is 4. The standard InChI is InChI=1S/C20H22O8/c1-8(2)17(21)26-14-7-11(25-20(14)24)4-9(3)18(22)27-15-10-5-12-13(6-10)19(23)28-16(12)15/h10-16H,1,3-7H2,2H3. The fourth-order valence-corrected chi connectivity index (χ4v) is 4.70. The normalized spacial score (nSPS) is 37.4. The van der Waals surface area contributed by atoms with Gasteiger partial charge in [-0.05, 0) is 19.8 Å². The Labute approximate surface area is 161 Å². The third-order valence-electron chi connectivity index (χ3n) is 6.04. The summed E-state index contributed by atoms with van der Waals surface area (Å²) in [6, 6.07) is 0. The Balaban J connectivity index is 1.29. The predicted molar refractivity (Wildman–Crippen MR) is 92.4 cm³/mol. The van der Waals surface area contributed by atoms with Gasteiger partial charge in [0.1, 0.15) is 18.3 Å². The highest BCUT2D eigenvalue weighted by molar-refractivity contribution is 5.90. The van der Waals surface area contributed by atoms with Crippen LogP contribution in [0.5, 0.6) is 0 Å². The number of carbonyl (C=O) groups is 4. The minimum absolute atomic E-state index is 0.0510. The van der Waals surface area contributed by atoms with Crippen molar-refractivity contribution in [1.29, 1.82) is 0 Å². The average Bonchev–Trinajstić information content (AvgIpc) is 3.33. The molecule has 2 bridgehead atoms. The largest absolute Gasteiger partial charge is 0.459 e. The van der Waals surface area contributed by atoms with Gasteiger partial charge in [-0.15, -0.1) is 0 Å². The van der Waals surface area contributed by atoms with Crippen molar-refractivity contribution in [3.05, 3.63) is 24.3 Å².